The highest BCUT2D eigenvalue weighted by atomic mass is 35.7. The van der Waals surface area contributed by atoms with Crippen molar-refractivity contribution in [3.05, 3.63) is 28.3 Å². The van der Waals surface area contributed by atoms with Gasteiger partial charge in [-0.3, -0.25) is 0 Å². The van der Waals surface area contributed by atoms with Crippen molar-refractivity contribution in [1.29, 1.82) is 0 Å². The molecule has 96 valence electrons. The Bertz CT molecular complexity index is 510. The summed E-state index contributed by atoms with van der Waals surface area (Å²) in [6, 6.07) is 3.26. The first-order valence-electron chi connectivity index (χ1n) is 5.03. The van der Waals surface area contributed by atoms with Crippen LogP contribution in [0.15, 0.2) is 12.1 Å². The number of ether oxygens (including phenoxy) is 1. The minimum atomic E-state index is -3.59. The lowest BCUT2D eigenvalue weighted by Gasteiger charge is -2.15. The summed E-state index contributed by atoms with van der Waals surface area (Å²) in [4.78, 5) is 0. The van der Waals surface area contributed by atoms with Crippen LogP contribution < -0.4 is 4.74 Å². The van der Waals surface area contributed by atoms with Crippen LogP contribution in [-0.4, -0.2) is 15.5 Å². The fraction of sp³-hybridized carbons (Fsp3) is 0.455. The lowest BCUT2D eigenvalue weighted by Crippen LogP contribution is -2.00. The zero-order valence-electron chi connectivity index (χ0n) is 9.83. The van der Waals surface area contributed by atoms with Gasteiger partial charge in [0, 0.05) is 21.3 Å². The molecule has 0 aliphatic rings. The van der Waals surface area contributed by atoms with Crippen molar-refractivity contribution in [2.24, 2.45) is 0 Å². The number of hydrogen-bond donors (Lipinski definition) is 0. The number of halogens is 2. The average Bonchev–Trinajstić information content (AvgIpc) is 2.12. The van der Waals surface area contributed by atoms with Gasteiger partial charge < -0.3 is 4.74 Å². The van der Waals surface area contributed by atoms with Crippen molar-refractivity contribution >= 4 is 31.3 Å². The Balaban J connectivity index is 3.27. The van der Waals surface area contributed by atoms with E-state index in [0.29, 0.717) is 16.3 Å². The molecule has 1 aromatic carbocycles. The maximum Gasteiger partial charge on any atom is 0.236 e. The van der Waals surface area contributed by atoms with E-state index in [9.17, 15) is 8.42 Å². The number of benzene rings is 1. The van der Waals surface area contributed by atoms with Crippen LogP contribution in [0.5, 0.6) is 5.75 Å². The van der Waals surface area contributed by atoms with E-state index in [-0.39, 0.29) is 11.7 Å². The summed E-state index contributed by atoms with van der Waals surface area (Å²) >= 11 is 6.12. The molecule has 0 atom stereocenters. The Labute approximate surface area is 111 Å². The maximum absolute atomic E-state index is 11.0. The van der Waals surface area contributed by atoms with Gasteiger partial charge in [-0.1, -0.05) is 25.4 Å². The van der Waals surface area contributed by atoms with E-state index in [1.807, 2.05) is 13.8 Å². The van der Waals surface area contributed by atoms with Crippen LogP contribution in [0.25, 0.3) is 0 Å². The molecule has 0 N–H and O–H groups in total. The third kappa shape index (κ3) is 4.05. The van der Waals surface area contributed by atoms with Crippen molar-refractivity contribution < 1.29 is 13.2 Å². The molecule has 0 aromatic heterocycles. The minimum Gasteiger partial charge on any atom is -0.496 e. The second-order valence-corrected chi connectivity index (χ2v) is 7.22. The number of rotatable bonds is 4. The summed E-state index contributed by atoms with van der Waals surface area (Å²) in [5.74, 6) is 0.519. The molecule has 0 aliphatic carbocycles. The molecular weight excluding hydrogens is 283 g/mol. The van der Waals surface area contributed by atoms with Gasteiger partial charge in [-0.15, -0.1) is 0 Å². The maximum atomic E-state index is 11.0. The van der Waals surface area contributed by atoms with Crippen LogP contribution in [0.2, 0.25) is 5.02 Å². The fourth-order valence-corrected chi connectivity index (χ4v) is 3.05. The highest BCUT2D eigenvalue weighted by molar-refractivity contribution is 8.13. The van der Waals surface area contributed by atoms with Gasteiger partial charge in [-0.25, -0.2) is 8.42 Å². The Kier molecular flexibility index (Phi) is 4.69. The standard InChI is InChI=1S/C11H14Cl2O3S/c1-7(2)11-9(12)4-8(5-10(11)16-3)6-17(13,14)15/h4-5,7H,6H2,1-3H3. The van der Waals surface area contributed by atoms with Gasteiger partial charge in [0.25, 0.3) is 0 Å². The molecule has 0 saturated carbocycles. The Morgan fingerprint density at radius 1 is 1.35 bits per heavy atom. The first kappa shape index (κ1) is 14.6. The number of methoxy groups -OCH3 is 1. The van der Waals surface area contributed by atoms with Gasteiger partial charge in [0.15, 0.2) is 0 Å². The molecule has 6 heteroatoms. The summed E-state index contributed by atoms with van der Waals surface area (Å²) in [6.07, 6.45) is 0. The van der Waals surface area contributed by atoms with Crippen molar-refractivity contribution in [1.82, 2.24) is 0 Å². The van der Waals surface area contributed by atoms with Crippen LogP contribution in [0.3, 0.4) is 0 Å². The third-order valence-electron chi connectivity index (χ3n) is 2.29. The molecule has 0 spiro atoms. The molecule has 0 heterocycles. The highest BCUT2D eigenvalue weighted by Gasteiger charge is 2.16. The summed E-state index contributed by atoms with van der Waals surface area (Å²) in [5, 5.41) is 0.495. The molecule has 0 fully saturated rings. The van der Waals surface area contributed by atoms with Crippen molar-refractivity contribution in [2.75, 3.05) is 7.11 Å². The molecule has 0 aliphatic heterocycles. The topological polar surface area (TPSA) is 43.4 Å². The van der Waals surface area contributed by atoms with E-state index >= 15 is 0 Å². The monoisotopic (exact) mass is 296 g/mol. The summed E-state index contributed by atoms with van der Waals surface area (Å²) in [7, 11) is 3.14. The zero-order valence-corrected chi connectivity index (χ0v) is 12.2. The second-order valence-electron chi connectivity index (χ2n) is 4.03. The molecule has 1 aromatic rings. The molecule has 0 bridgehead atoms. The Morgan fingerprint density at radius 2 is 1.94 bits per heavy atom. The van der Waals surface area contributed by atoms with Gasteiger partial charge in [0.2, 0.25) is 9.05 Å². The van der Waals surface area contributed by atoms with Gasteiger partial charge in [0.05, 0.1) is 12.9 Å². The lowest BCUT2D eigenvalue weighted by atomic mass is 10.0. The molecule has 1 rings (SSSR count). The Hall–Kier alpha value is -0.450. The first-order chi connectivity index (χ1) is 7.74. The lowest BCUT2D eigenvalue weighted by molar-refractivity contribution is 0.407. The molecule has 0 saturated heterocycles. The predicted octanol–water partition coefficient (Wildman–Crippen LogP) is 3.54. The van der Waals surface area contributed by atoms with E-state index in [0.717, 1.165) is 5.56 Å². The minimum absolute atomic E-state index is 0.194. The van der Waals surface area contributed by atoms with Crippen LogP contribution in [0, 0.1) is 0 Å². The predicted molar refractivity (Wildman–Crippen MR) is 70.6 cm³/mol. The van der Waals surface area contributed by atoms with E-state index in [2.05, 4.69) is 0 Å². The van der Waals surface area contributed by atoms with Crippen LogP contribution in [0.1, 0.15) is 30.9 Å². The van der Waals surface area contributed by atoms with E-state index in [1.165, 1.54) is 7.11 Å². The zero-order chi connectivity index (χ0) is 13.2. The third-order valence-corrected chi connectivity index (χ3v) is 3.61. The van der Waals surface area contributed by atoms with Gasteiger partial charge in [0.1, 0.15) is 5.75 Å². The number of hydrogen-bond acceptors (Lipinski definition) is 3. The largest absolute Gasteiger partial charge is 0.496 e. The van der Waals surface area contributed by atoms with Gasteiger partial charge in [-0.2, -0.15) is 0 Å². The summed E-state index contributed by atoms with van der Waals surface area (Å²) in [5.41, 5.74) is 1.39. The molecule has 17 heavy (non-hydrogen) atoms. The van der Waals surface area contributed by atoms with Crippen LogP contribution in [-0.2, 0) is 14.8 Å². The van der Waals surface area contributed by atoms with Gasteiger partial charge >= 0.3 is 0 Å². The molecule has 0 amide bonds. The summed E-state index contributed by atoms with van der Waals surface area (Å²) < 4.78 is 27.2. The quantitative estimate of drug-likeness (QED) is 0.798. The van der Waals surface area contributed by atoms with Crippen LogP contribution in [0.4, 0.5) is 0 Å². The Morgan fingerprint density at radius 3 is 2.35 bits per heavy atom. The van der Waals surface area contributed by atoms with Crippen molar-refractivity contribution in [3.8, 4) is 5.75 Å². The molecular formula is C11H14Cl2O3S. The van der Waals surface area contributed by atoms with E-state index in [4.69, 9.17) is 27.0 Å². The summed E-state index contributed by atoms with van der Waals surface area (Å²) in [6.45, 7) is 3.98. The van der Waals surface area contributed by atoms with E-state index < -0.39 is 9.05 Å². The molecule has 0 unspecified atom stereocenters. The van der Waals surface area contributed by atoms with Gasteiger partial charge in [-0.05, 0) is 23.6 Å². The molecule has 0 radical (unpaired) electrons. The first-order valence-corrected chi connectivity index (χ1v) is 7.89. The van der Waals surface area contributed by atoms with Crippen molar-refractivity contribution in [2.45, 2.75) is 25.5 Å². The van der Waals surface area contributed by atoms with Crippen molar-refractivity contribution in [3.63, 3.8) is 0 Å². The normalized spacial score (nSPS) is 11.9. The highest BCUT2D eigenvalue weighted by Crippen LogP contribution is 2.35. The average molecular weight is 297 g/mol. The SMILES string of the molecule is COc1cc(CS(=O)(=O)Cl)cc(Cl)c1C(C)C. The fourth-order valence-electron chi connectivity index (χ4n) is 1.66. The van der Waals surface area contributed by atoms with E-state index in [1.54, 1.807) is 12.1 Å². The second kappa shape index (κ2) is 5.46. The van der Waals surface area contributed by atoms with Crippen LogP contribution >= 0.6 is 22.3 Å². The smallest absolute Gasteiger partial charge is 0.236 e. The molecule has 3 nitrogen and oxygen atoms in total.